The quantitative estimate of drug-likeness (QED) is 0.411. The summed E-state index contributed by atoms with van der Waals surface area (Å²) in [7, 11) is 0. The van der Waals surface area contributed by atoms with E-state index in [9.17, 15) is 9.59 Å². The molecule has 0 saturated heterocycles. The molecule has 8 heteroatoms. The number of benzene rings is 1. The maximum Gasteiger partial charge on any atom is 0.341 e. The molecule has 4 aromatic rings. The van der Waals surface area contributed by atoms with Crippen LogP contribution in [0.25, 0.3) is 21.3 Å². The van der Waals surface area contributed by atoms with Crippen molar-refractivity contribution in [1.82, 2.24) is 4.98 Å². The maximum atomic E-state index is 13.0. The molecule has 0 fully saturated rings. The summed E-state index contributed by atoms with van der Waals surface area (Å²) in [5, 5.41) is 5.87. The van der Waals surface area contributed by atoms with E-state index < -0.39 is 5.97 Å². The Balaban J connectivity index is 1.72. The van der Waals surface area contributed by atoms with Crippen LogP contribution in [-0.4, -0.2) is 23.5 Å². The number of aromatic nitrogens is 1. The van der Waals surface area contributed by atoms with Crippen LogP contribution in [0.1, 0.15) is 32.6 Å². The number of aryl methyl sites for hydroxylation is 1. The van der Waals surface area contributed by atoms with Gasteiger partial charge in [-0.3, -0.25) is 4.79 Å². The van der Waals surface area contributed by atoms with Gasteiger partial charge in [-0.15, -0.1) is 22.7 Å². The maximum absolute atomic E-state index is 13.0. The highest BCUT2D eigenvalue weighted by Crippen LogP contribution is 2.38. The van der Waals surface area contributed by atoms with Gasteiger partial charge in [0.15, 0.2) is 0 Å². The Hall–Kier alpha value is -3.23. The highest BCUT2D eigenvalue weighted by Gasteiger charge is 2.25. The van der Waals surface area contributed by atoms with Crippen molar-refractivity contribution < 1.29 is 14.3 Å². The zero-order chi connectivity index (χ0) is 21.3. The second-order valence-electron chi connectivity index (χ2n) is 6.54. The van der Waals surface area contributed by atoms with E-state index in [0.717, 1.165) is 22.2 Å². The number of ether oxygens (including phenoxy) is 1. The monoisotopic (exact) mass is 437 g/mol. The van der Waals surface area contributed by atoms with Crippen LogP contribution in [0.3, 0.4) is 0 Å². The van der Waals surface area contributed by atoms with Gasteiger partial charge < -0.3 is 15.8 Å². The van der Waals surface area contributed by atoms with Gasteiger partial charge in [-0.1, -0.05) is 30.3 Å². The predicted molar refractivity (Wildman–Crippen MR) is 122 cm³/mol. The number of rotatable bonds is 5. The minimum atomic E-state index is -0.477. The first-order chi connectivity index (χ1) is 14.5. The summed E-state index contributed by atoms with van der Waals surface area (Å²) in [4.78, 5) is 31.2. The number of nitrogens with zero attached hydrogens (tertiary/aromatic N) is 1. The first-order valence-corrected chi connectivity index (χ1v) is 11.0. The first kappa shape index (κ1) is 20.1. The summed E-state index contributed by atoms with van der Waals surface area (Å²) in [5.74, 6) is -0.852. The van der Waals surface area contributed by atoms with Crippen molar-refractivity contribution >= 4 is 55.5 Å². The van der Waals surface area contributed by atoms with Gasteiger partial charge in [0.2, 0.25) is 0 Å². The fourth-order valence-electron chi connectivity index (χ4n) is 3.10. The number of anilines is 2. The fraction of sp³-hybridized carbons (Fsp3) is 0.136. The van der Waals surface area contributed by atoms with Crippen LogP contribution >= 0.6 is 22.7 Å². The van der Waals surface area contributed by atoms with Crippen molar-refractivity contribution in [3.05, 3.63) is 64.0 Å². The number of carbonyl (C=O) groups excluding carboxylic acids is 2. The number of hydrogen-bond acceptors (Lipinski definition) is 7. The number of nitrogen functional groups attached to an aromatic ring is 1. The lowest BCUT2D eigenvalue weighted by Crippen LogP contribution is -2.14. The smallest absolute Gasteiger partial charge is 0.341 e. The largest absolute Gasteiger partial charge is 0.462 e. The van der Waals surface area contributed by atoms with Gasteiger partial charge in [0.25, 0.3) is 5.91 Å². The van der Waals surface area contributed by atoms with Gasteiger partial charge in [0.05, 0.1) is 12.3 Å². The number of fused-ring (bicyclic) bond motifs is 1. The summed E-state index contributed by atoms with van der Waals surface area (Å²) < 4.78 is 5.25. The minimum absolute atomic E-state index is 0.241. The molecule has 6 nitrogen and oxygen atoms in total. The lowest BCUT2D eigenvalue weighted by Gasteiger charge is -2.08. The van der Waals surface area contributed by atoms with Crippen LogP contribution in [0.5, 0.6) is 0 Å². The van der Waals surface area contributed by atoms with Gasteiger partial charge in [-0.25, -0.2) is 9.78 Å². The van der Waals surface area contributed by atoms with Gasteiger partial charge in [-0.2, -0.15) is 0 Å². The van der Waals surface area contributed by atoms with Crippen molar-refractivity contribution in [3.63, 3.8) is 0 Å². The Morgan fingerprint density at radius 3 is 2.67 bits per heavy atom. The SMILES string of the molecule is CCOC(=O)c1c(-c2ccccc2)csc1NC(=O)c1sc2nc(C)ccc2c1N. The molecule has 0 aliphatic heterocycles. The molecular formula is C22H19N3O3S2. The van der Waals surface area contributed by atoms with E-state index in [1.807, 2.05) is 54.8 Å². The van der Waals surface area contributed by atoms with Crippen molar-refractivity contribution in [2.24, 2.45) is 0 Å². The Kier molecular flexibility index (Phi) is 5.52. The number of hydrogen-bond donors (Lipinski definition) is 2. The molecule has 0 radical (unpaired) electrons. The Morgan fingerprint density at radius 2 is 1.93 bits per heavy atom. The number of nitrogens with one attached hydrogen (secondary N) is 1. The summed E-state index contributed by atoms with van der Waals surface area (Å²) >= 11 is 2.51. The molecular weight excluding hydrogens is 418 g/mol. The number of amides is 1. The van der Waals surface area contributed by atoms with E-state index >= 15 is 0 Å². The van der Waals surface area contributed by atoms with Crippen LogP contribution in [-0.2, 0) is 4.74 Å². The summed E-state index contributed by atoms with van der Waals surface area (Å²) in [6, 6.07) is 13.2. The van der Waals surface area contributed by atoms with Crippen LogP contribution in [0.15, 0.2) is 47.8 Å². The number of nitrogens with two attached hydrogens (primary N) is 1. The molecule has 0 aliphatic carbocycles. The summed E-state index contributed by atoms with van der Waals surface area (Å²) in [5.41, 5.74) is 9.38. The lowest BCUT2D eigenvalue weighted by atomic mass is 10.0. The zero-order valence-corrected chi connectivity index (χ0v) is 18.0. The normalized spacial score (nSPS) is 10.9. The molecule has 0 bridgehead atoms. The minimum Gasteiger partial charge on any atom is -0.462 e. The molecule has 0 spiro atoms. The average molecular weight is 438 g/mol. The summed E-state index contributed by atoms with van der Waals surface area (Å²) in [6.45, 7) is 3.87. The van der Waals surface area contributed by atoms with Crippen LogP contribution in [0.4, 0.5) is 10.7 Å². The lowest BCUT2D eigenvalue weighted by molar-refractivity contribution is 0.0529. The first-order valence-electron chi connectivity index (χ1n) is 9.30. The van der Waals surface area contributed by atoms with Crippen molar-refractivity contribution in [2.45, 2.75) is 13.8 Å². The van der Waals surface area contributed by atoms with Gasteiger partial charge >= 0.3 is 5.97 Å². The van der Waals surface area contributed by atoms with Gasteiger partial charge in [0, 0.05) is 22.0 Å². The van der Waals surface area contributed by atoms with E-state index in [1.54, 1.807) is 6.92 Å². The van der Waals surface area contributed by atoms with Crippen LogP contribution in [0.2, 0.25) is 0 Å². The molecule has 0 aliphatic rings. The van der Waals surface area contributed by atoms with Crippen molar-refractivity contribution in [3.8, 4) is 11.1 Å². The van der Waals surface area contributed by atoms with Crippen LogP contribution < -0.4 is 11.1 Å². The third-order valence-electron chi connectivity index (χ3n) is 4.52. The third-order valence-corrected chi connectivity index (χ3v) is 6.53. The number of pyridine rings is 1. The molecule has 1 amide bonds. The second-order valence-corrected chi connectivity index (χ2v) is 8.42. The predicted octanol–water partition coefficient (Wildman–Crippen LogP) is 5.34. The van der Waals surface area contributed by atoms with E-state index in [4.69, 9.17) is 10.5 Å². The van der Waals surface area contributed by atoms with Gasteiger partial charge in [-0.05, 0) is 31.5 Å². The van der Waals surface area contributed by atoms with Crippen molar-refractivity contribution in [2.75, 3.05) is 17.7 Å². The van der Waals surface area contributed by atoms with Crippen molar-refractivity contribution in [1.29, 1.82) is 0 Å². The van der Waals surface area contributed by atoms with E-state index in [-0.39, 0.29) is 12.5 Å². The molecule has 0 atom stereocenters. The Labute approximate surface area is 181 Å². The standard InChI is InChI=1S/C22H19N3O3S2/c1-3-28-22(27)16-15(13-7-5-4-6-8-13)11-29-21(16)25-19(26)18-17(23)14-10-9-12(2)24-20(14)30-18/h4-11H,3,23H2,1-2H3,(H,25,26). The second kappa shape index (κ2) is 8.25. The number of esters is 1. The third kappa shape index (κ3) is 3.67. The number of thiophene rings is 2. The average Bonchev–Trinajstić information content (AvgIpc) is 3.30. The molecule has 4 rings (SSSR count). The molecule has 30 heavy (non-hydrogen) atoms. The molecule has 152 valence electrons. The van der Waals surface area contributed by atoms with Gasteiger partial charge in [0.1, 0.15) is 20.3 Å². The zero-order valence-electron chi connectivity index (χ0n) is 16.4. The molecule has 0 unspecified atom stereocenters. The summed E-state index contributed by atoms with van der Waals surface area (Å²) in [6.07, 6.45) is 0. The topological polar surface area (TPSA) is 94.3 Å². The van der Waals surface area contributed by atoms with Crippen LogP contribution in [0, 0.1) is 6.92 Å². The molecule has 3 N–H and O–H groups in total. The highest BCUT2D eigenvalue weighted by atomic mass is 32.1. The fourth-order valence-corrected chi connectivity index (χ4v) is 5.09. The van der Waals surface area contributed by atoms with E-state index in [1.165, 1.54) is 22.7 Å². The Morgan fingerprint density at radius 1 is 1.17 bits per heavy atom. The molecule has 3 heterocycles. The Bertz CT molecular complexity index is 1250. The molecule has 0 saturated carbocycles. The molecule has 3 aromatic heterocycles. The molecule has 1 aromatic carbocycles. The van der Waals surface area contributed by atoms with E-state index in [0.29, 0.717) is 26.0 Å². The number of carbonyl (C=O) groups is 2. The highest BCUT2D eigenvalue weighted by molar-refractivity contribution is 7.21. The van der Waals surface area contributed by atoms with E-state index in [2.05, 4.69) is 10.3 Å².